The number of rotatable bonds is 5. The minimum Gasteiger partial charge on any atom is -0.395 e. The highest BCUT2D eigenvalue weighted by Crippen LogP contribution is 2.20. The molecule has 19 heavy (non-hydrogen) atoms. The van der Waals surface area contributed by atoms with Crippen molar-refractivity contribution in [1.29, 1.82) is 0 Å². The summed E-state index contributed by atoms with van der Waals surface area (Å²) in [6, 6.07) is 3.69. The number of nitrogens with zero attached hydrogens (tertiary/aromatic N) is 1. The number of aromatic nitrogens is 1. The van der Waals surface area contributed by atoms with Gasteiger partial charge in [-0.25, -0.2) is 22.5 Å². The number of nitrogen functional groups attached to an aromatic ring is 1. The van der Waals surface area contributed by atoms with Gasteiger partial charge in [0.05, 0.1) is 10.7 Å². The van der Waals surface area contributed by atoms with E-state index in [9.17, 15) is 12.8 Å². The molecule has 0 bridgehead atoms. The zero-order valence-electron chi connectivity index (χ0n) is 9.84. The van der Waals surface area contributed by atoms with Crippen molar-refractivity contribution in [3.05, 3.63) is 40.6 Å². The van der Waals surface area contributed by atoms with Crippen molar-refractivity contribution >= 4 is 27.0 Å². The summed E-state index contributed by atoms with van der Waals surface area (Å²) in [4.78, 5) is 3.80. The minimum absolute atomic E-state index is 0.186. The molecule has 0 atom stereocenters. The highest BCUT2D eigenvalue weighted by Gasteiger charge is 2.18. The molecule has 0 radical (unpaired) electrons. The fraction of sp³-hybridized carbons (Fsp3) is 0.182. The predicted octanol–water partition coefficient (Wildman–Crippen LogP) is 1.39. The van der Waals surface area contributed by atoms with Gasteiger partial charge in [0, 0.05) is 24.5 Å². The fourth-order valence-corrected chi connectivity index (χ4v) is 3.29. The summed E-state index contributed by atoms with van der Waals surface area (Å²) in [6.07, 6.45) is 2.13. The lowest BCUT2D eigenvalue weighted by molar-refractivity contribution is 0.579. The summed E-state index contributed by atoms with van der Waals surface area (Å²) in [5, 5.41) is 2.64. The minimum atomic E-state index is -3.80. The molecule has 1 aromatic carbocycles. The first-order chi connectivity index (χ1) is 9.00. The molecule has 8 heteroatoms. The average molecular weight is 301 g/mol. The number of sulfonamides is 1. The van der Waals surface area contributed by atoms with Crippen LogP contribution in [0.5, 0.6) is 0 Å². The van der Waals surface area contributed by atoms with Crippen LogP contribution in [-0.2, 0) is 16.4 Å². The SMILES string of the molecule is Nc1c(F)cccc1S(=O)(=O)NCCc1nccs1. The predicted molar refractivity (Wildman–Crippen MR) is 71.8 cm³/mol. The van der Waals surface area contributed by atoms with Gasteiger partial charge in [0.25, 0.3) is 0 Å². The van der Waals surface area contributed by atoms with E-state index >= 15 is 0 Å². The third-order valence-corrected chi connectivity index (χ3v) is 4.78. The van der Waals surface area contributed by atoms with E-state index in [2.05, 4.69) is 9.71 Å². The van der Waals surface area contributed by atoms with E-state index in [-0.39, 0.29) is 17.1 Å². The molecule has 5 nitrogen and oxygen atoms in total. The lowest BCUT2D eigenvalue weighted by Gasteiger charge is -2.08. The molecule has 3 N–H and O–H groups in total. The third kappa shape index (κ3) is 3.28. The van der Waals surface area contributed by atoms with Gasteiger partial charge in [-0.15, -0.1) is 11.3 Å². The molecule has 0 fully saturated rings. The number of hydrogen-bond acceptors (Lipinski definition) is 5. The first kappa shape index (κ1) is 13.9. The van der Waals surface area contributed by atoms with Crippen molar-refractivity contribution in [3.63, 3.8) is 0 Å². The average Bonchev–Trinajstić information content (AvgIpc) is 2.85. The van der Waals surface area contributed by atoms with Crippen LogP contribution in [0.25, 0.3) is 0 Å². The van der Waals surface area contributed by atoms with Crippen molar-refractivity contribution < 1.29 is 12.8 Å². The Kier molecular flexibility index (Phi) is 4.13. The Labute approximate surface area is 114 Å². The van der Waals surface area contributed by atoms with Gasteiger partial charge < -0.3 is 5.73 Å². The Morgan fingerprint density at radius 3 is 2.89 bits per heavy atom. The Bertz CT molecular complexity index is 657. The molecule has 0 aliphatic rings. The lowest BCUT2D eigenvalue weighted by Crippen LogP contribution is -2.27. The van der Waals surface area contributed by atoms with Crippen LogP contribution in [0.4, 0.5) is 10.1 Å². The summed E-state index contributed by atoms with van der Waals surface area (Å²) in [5.74, 6) is -0.747. The third-order valence-electron chi connectivity index (χ3n) is 2.42. The number of para-hydroxylation sites is 1. The molecule has 0 saturated carbocycles. The Morgan fingerprint density at radius 1 is 1.42 bits per heavy atom. The molecule has 0 aliphatic heterocycles. The molecule has 0 aliphatic carbocycles. The van der Waals surface area contributed by atoms with E-state index in [0.29, 0.717) is 6.42 Å². The quantitative estimate of drug-likeness (QED) is 0.817. The van der Waals surface area contributed by atoms with Crippen LogP contribution in [0, 0.1) is 5.82 Å². The van der Waals surface area contributed by atoms with Gasteiger partial charge in [0.1, 0.15) is 10.7 Å². The molecule has 0 saturated heterocycles. The Balaban J connectivity index is 2.08. The maximum Gasteiger partial charge on any atom is 0.242 e. The number of anilines is 1. The number of nitrogens with two attached hydrogens (primary N) is 1. The molecular formula is C11H12FN3O2S2. The summed E-state index contributed by atoms with van der Waals surface area (Å²) in [5.41, 5.74) is 5.06. The zero-order chi connectivity index (χ0) is 13.9. The van der Waals surface area contributed by atoms with Crippen LogP contribution in [0.2, 0.25) is 0 Å². The van der Waals surface area contributed by atoms with Crippen molar-refractivity contribution in [2.45, 2.75) is 11.3 Å². The van der Waals surface area contributed by atoms with Gasteiger partial charge in [-0.1, -0.05) is 6.07 Å². The number of halogens is 1. The molecule has 0 unspecified atom stereocenters. The monoisotopic (exact) mass is 301 g/mol. The highest BCUT2D eigenvalue weighted by molar-refractivity contribution is 7.89. The van der Waals surface area contributed by atoms with E-state index in [1.807, 2.05) is 5.38 Å². The normalized spacial score (nSPS) is 11.6. The van der Waals surface area contributed by atoms with Crippen LogP contribution in [0.1, 0.15) is 5.01 Å². The maximum absolute atomic E-state index is 13.2. The maximum atomic E-state index is 13.2. The van der Waals surface area contributed by atoms with E-state index in [1.165, 1.54) is 23.5 Å². The smallest absolute Gasteiger partial charge is 0.242 e. The molecule has 0 spiro atoms. The number of benzene rings is 1. The van der Waals surface area contributed by atoms with E-state index in [4.69, 9.17) is 5.73 Å². The molecule has 1 heterocycles. The number of nitrogens with one attached hydrogen (secondary N) is 1. The van der Waals surface area contributed by atoms with E-state index in [0.717, 1.165) is 11.1 Å². The highest BCUT2D eigenvalue weighted by atomic mass is 32.2. The standard InChI is InChI=1S/C11H12FN3O2S2/c12-8-2-1-3-9(11(8)13)19(16,17)15-5-4-10-14-6-7-18-10/h1-3,6-7,15H,4-5,13H2. The van der Waals surface area contributed by atoms with E-state index < -0.39 is 15.8 Å². The topological polar surface area (TPSA) is 85.1 Å². The van der Waals surface area contributed by atoms with Crippen LogP contribution in [-0.4, -0.2) is 19.9 Å². The zero-order valence-corrected chi connectivity index (χ0v) is 11.5. The Hall–Kier alpha value is -1.51. The Morgan fingerprint density at radius 2 is 2.21 bits per heavy atom. The molecular weight excluding hydrogens is 289 g/mol. The van der Waals surface area contributed by atoms with Gasteiger partial charge in [-0.3, -0.25) is 0 Å². The fourth-order valence-electron chi connectivity index (χ4n) is 1.50. The van der Waals surface area contributed by atoms with Crippen LogP contribution >= 0.6 is 11.3 Å². The van der Waals surface area contributed by atoms with Crippen LogP contribution < -0.4 is 10.5 Å². The molecule has 2 rings (SSSR count). The van der Waals surface area contributed by atoms with Crippen LogP contribution in [0.3, 0.4) is 0 Å². The van der Waals surface area contributed by atoms with E-state index in [1.54, 1.807) is 6.20 Å². The van der Waals surface area contributed by atoms with Crippen molar-refractivity contribution in [2.24, 2.45) is 0 Å². The number of hydrogen-bond donors (Lipinski definition) is 2. The second kappa shape index (κ2) is 5.64. The van der Waals surface area contributed by atoms with Gasteiger partial charge in [0.2, 0.25) is 10.0 Å². The summed E-state index contributed by atoms with van der Waals surface area (Å²) in [7, 11) is -3.80. The van der Waals surface area contributed by atoms with Gasteiger partial charge in [0.15, 0.2) is 0 Å². The molecule has 1 aromatic heterocycles. The first-order valence-corrected chi connectivity index (χ1v) is 7.79. The molecule has 2 aromatic rings. The number of thiazole rings is 1. The van der Waals surface area contributed by atoms with Gasteiger partial charge >= 0.3 is 0 Å². The molecule has 102 valence electrons. The summed E-state index contributed by atoms with van der Waals surface area (Å²) >= 11 is 1.44. The largest absolute Gasteiger partial charge is 0.395 e. The van der Waals surface area contributed by atoms with Crippen LogP contribution in [0.15, 0.2) is 34.7 Å². The second-order valence-electron chi connectivity index (χ2n) is 3.73. The van der Waals surface area contributed by atoms with Gasteiger partial charge in [-0.2, -0.15) is 0 Å². The van der Waals surface area contributed by atoms with Crippen molar-refractivity contribution in [3.8, 4) is 0 Å². The first-order valence-electron chi connectivity index (χ1n) is 5.43. The lowest BCUT2D eigenvalue weighted by atomic mass is 10.3. The van der Waals surface area contributed by atoms with Crippen molar-refractivity contribution in [1.82, 2.24) is 9.71 Å². The summed E-state index contributed by atoms with van der Waals surface area (Å²) < 4.78 is 39.5. The van der Waals surface area contributed by atoms with Crippen molar-refractivity contribution in [2.75, 3.05) is 12.3 Å². The van der Waals surface area contributed by atoms with Gasteiger partial charge in [-0.05, 0) is 12.1 Å². The molecule has 0 amide bonds. The summed E-state index contributed by atoms with van der Waals surface area (Å²) in [6.45, 7) is 0.186. The second-order valence-corrected chi connectivity index (χ2v) is 6.44.